The lowest BCUT2D eigenvalue weighted by molar-refractivity contribution is 0.0600. The molecule has 36 heavy (non-hydrogen) atoms. The molecule has 2 heterocycles. The molecule has 1 aromatic heterocycles. The number of benzene rings is 3. The first-order valence-electron chi connectivity index (χ1n) is 12.0. The number of aryl methyl sites for hydroxylation is 1. The maximum absolute atomic E-state index is 12.0. The molecule has 0 spiro atoms. The van der Waals surface area contributed by atoms with Crippen molar-refractivity contribution in [2.75, 3.05) is 12.4 Å². The maximum Gasteiger partial charge on any atom is 0.337 e. The van der Waals surface area contributed by atoms with Gasteiger partial charge in [0.15, 0.2) is 0 Å². The number of pyridine rings is 1. The molecular formula is C29H25N5O2. The quantitative estimate of drug-likeness (QED) is 0.271. The standard InChI is InChI=1S/C29H25N5O2/c1-18-22(7-5-15-30-18)32-24-16-26-28(17-25(24)31-20-11-12-20)34(27-8-4-3-6-23(27)33-26)21-13-9-19(10-14-21)29(35)36-2/h3-10,13-17,20,32H,11-12H2,1-2H3/b31-25+. The first-order valence-corrected chi connectivity index (χ1v) is 12.0. The van der Waals surface area contributed by atoms with E-state index in [1.165, 1.54) is 7.11 Å². The van der Waals surface area contributed by atoms with Crippen LogP contribution in [0.25, 0.3) is 28.1 Å². The first kappa shape index (κ1) is 22.0. The van der Waals surface area contributed by atoms with Crippen LogP contribution < -0.4 is 10.7 Å². The van der Waals surface area contributed by atoms with Gasteiger partial charge in [0.2, 0.25) is 0 Å². The van der Waals surface area contributed by atoms with Crippen molar-refractivity contribution in [2.45, 2.75) is 25.8 Å². The van der Waals surface area contributed by atoms with Crippen molar-refractivity contribution in [1.29, 1.82) is 0 Å². The molecule has 0 radical (unpaired) electrons. The molecule has 0 amide bonds. The Labute approximate surface area is 208 Å². The van der Waals surface area contributed by atoms with Gasteiger partial charge in [0.1, 0.15) is 0 Å². The number of esters is 1. The monoisotopic (exact) mass is 475 g/mol. The molecule has 6 rings (SSSR count). The van der Waals surface area contributed by atoms with Crippen molar-refractivity contribution >= 4 is 28.4 Å². The van der Waals surface area contributed by atoms with E-state index in [1.54, 1.807) is 18.3 Å². The number of carbonyl (C=O) groups excluding carboxylic acids is 1. The Bertz CT molecular complexity index is 1630. The van der Waals surface area contributed by atoms with Gasteiger partial charge < -0.3 is 14.6 Å². The second kappa shape index (κ2) is 8.92. The molecule has 2 aromatic carbocycles. The van der Waals surface area contributed by atoms with Crippen LogP contribution in [0.3, 0.4) is 0 Å². The molecule has 1 aliphatic heterocycles. The van der Waals surface area contributed by atoms with Crippen LogP contribution in [0.4, 0.5) is 11.4 Å². The Morgan fingerprint density at radius 2 is 1.83 bits per heavy atom. The molecule has 7 nitrogen and oxygen atoms in total. The number of aromatic nitrogens is 3. The van der Waals surface area contributed by atoms with Crippen molar-refractivity contribution in [3.63, 3.8) is 0 Å². The van der Waals surface area contributed by atoms with E-state index in [4.69, 9.17) is 14.7 Å². The molecule has 178 valence electrons. The van der Waals surface area contributed by atoms with Crippen LogP contribution in [0.15, 0.2) is 84.0 Å². The van der Waals surface area contributed by atoms with Gasteiger partial charge >= 0.3 is 5.97 Å². The fraction of sp³-hybridized carbons (Fsp3) is 0.172. The smallest absolute Gasteiger partial charge is 0.337 e. The lowest BCUT2D eigenvalue weighted by Gasteiger charge is -2.20. The van der Waals surface area contributed by atoms with Crippen molar-refractivity contribution < 1.29 is 9.53 Å². The number of para-hydroxylation sites is 2. The highest BCUT2D eigenvalue weighted by molar-refractivity contribution is 5.90. The number of nitrogens with zero attached hydrogens (tertiary/aromatic N) is 4. The van der Waals surface area contributed by atoms with Crippen molar-refractivity contribution in [3.8, 4) is 17.1 Å². The average molecular weight is 476 g/mol. The fourth-order valence-electron chi connectivity index (χ4n) is 4.35. The summed E-state index contributed by atoms with van der Waals surface area (Å²) in [6.45, 7) is 1.98. The van der Waals surface area contributed by atoms with E-state index in [0.29, 0.717) is 11.6 Å². The van der Waals surface area contributed by atoms with Gasteiger partial charge in [0.25, 0.3) is 0 Å². The summed E-state index contributed by atoms with van der Waals surface area (Å²) in [5.41, 5.74) is 7.81. The third-order valence-corrected chi connectivity index (χ3v) is 6.39. The minimum absolute atomic E-state index is 0.346. The first-order chi connectivity index (χ1) is 17.6. The van der Waals surface area contributed by atoms with E-state index in [1.807, 2.05) is 49.4 Å². The van der Waals surface area contributed by atoms with Crippen molar-refractivity contribution in [1.82, 2.24) is 14.5 Å². The summed E-state index contributed by atoms with van der Waals surface area (Å²) in [4.78, 5) is 26.4. The largest absolute Gasteiger partial charge is 0.465 e. The summed E-state index contributed by atoms with van der Waals surface area (Å²) in [6, 6.07) is 23.9. The summed E-state index contributed by atoms with van der Waals surface area (Å²) >= 11 is 0. The van der Waals surface area contributed by atoms with Gasteiger partial charge in [0, 0.05) is 11.9 Å². The SMILES string of the molecule is COC(=O)c1ccc(-n2c3c/c(=N\C4CC4)c(Nc4cccnc4C)cc-3nc3ccccc32)cc1. The lowest BCUT2D eigenvalue weighted by atomic mass is 10.1. The number of fused-ring (bicyclic) bond motifs is 2. The molecule has 3 aromatic rings. The number of carbonyl (C=O) groups is 1. The van der Waals surface area contributed by atoms with E-state index in [2.05, 4.69) is 33.1 Å². The highest BCUT2D eigenvalue weighted by Gasteiger charge is 2.22. The van der Waals surface area contributed by atoms with Gasteiger partial charge in [0.05, 0.1) is 63.6 Å². The molecule has 0 unspecified atom stereocenters. The fourth-order valence-corrected chi connectivity index (χ4v) is 4.35. The summed E-state index contributed by atoms with van der Waals surface area (Å²) in [5, 5.41) is 4.44. The van der Waals surface area contributed by atoms with Crippen LogP contribution >= 0.6 is 0 Å². The van der Waals surface area contributed by atoms with E-state index in [9.17, 15) is 4.79 Å². The average Bonchev–Trinajstić information content (AvgIpc) is 3.73. The zero-order valence-corrected chi connectivity index (χ0v) is 20.1. The summed E-state index contributed by atoms with van der Waals surface area (Å²) in [6.07, 6.45) is 4.00. The predicted octanol–water partition coefficient (Wildman–Crippen LogP) is 5.43. The molecule has 0 atom stereocenters. The van der Waals surface area contributed by atoms with E-state index < -0.39 is 0 Å². The van der Waals surface area contributed by atoms with Crippen LogP contribution in [0.5, 0.6) is 0 Å². The number of methoxy groups -OCH3 is 1. The van der Waals surface area contributed by atoms with E-state index >= 15 is 0 Å². The Hall–Kier alpha value is -4.52. The van der Waals surface area contributed by atoms with Gasteiger partial charge in [-0.15, -0.1) is 0 Å². The van der Waals surface area contributed by atoms with E-state index in [0.717, 1.165) is 63.4 Å². The zero-order chi connectivity index (χ0) is 24.6. The second-order valence-electron chi connectivity index (χ2n) is 8.95. The molecule has 1 N–H and O–H groups in total. The van der Waals surface area contributed by atoms with Gasteiger partial charge in [-0.1, -0.05) is 12.1 Å². The van der Waals surface area contributed by atoms with Gasteiger partial charge in [-0.05, 0) is 80.4 Å². The molecule has 3 aliphatic rings. The highest BCUT2D eigenvalue weighted by Crippen LogP contribution is 2.31. The number of nitrogens with one attached hydrogen (secondary N) is 1. The maximum atomic E-state index is 12.0. The summed E-state index contributed by atoms with van der Waals surface area (Å²) < 4.78 is 7.04. The molecular weight excluding hydrogens is 450 g/mol. The molecule has 0 saturated heterocycles. The second-order valence-corrected chi connectivity index (χ2v) is 8.95. The van der Waals surface area contributed by atoms with Crippen LogP contribution in [0.1, 0.15) is 28.9 Å². The summed E-state index contributed by atoms with van der Waals surface area (Å²) in [7, 11) is 1.39. The number of hydrogen-bond acceptors (Lipinski definition) is 6. The molecule has 2 aliphatic carbocycles. The Kier molecular flexibility index (Phi) is 5.45. The topological polar surface area (TPSA) is 81.4 Å². The van der Waals surface area contributed by atoms with Crippen molar-refractivity contribution in [3.05, 3.63) is 95.6 Å². The van der Waals surface area contributed by atoms with Crippen molar-refractivity contribution in [2.24, 2.45) is 4.99 Å². The van der Waals surface area contributed by atoms with Gasteiger partial charge in [-0.3, -0.25) is 9.98 Å². The molecule has 1 saturated carbocycles. The van der Waals surface area contributed by atoms with E-state index in [-0.39, 0.29) is 5.97 Å². The predicted molar refractivity (Wildman–Crippen MR) is 140 cm³/mol. The lowest BCUT2D eigenvalue weighted by Crippen LogP contribution is -2.16. The molecule has 1 fully saturated rings. The summed E-state index contributed by atoms with van der Waals surface area (Å²) in [5.74, 6) is -0.358. The van der Waals surface area contributed by atoms with Crippen LogP contribution in [-0.2, 0) is 4.74 Å². The minimum Gasteiger partial charge on any atom is -0.465 e. The Morgan fingerprint density at radius 3 is 2.58 bits per heavy atom. The minimum atomic E-state index is -0.358. The normalized spacial score (nSPS) is 13.8. The van der Waals surface area contributed by atoms with Crippen LogP contribution in [0, 0.1) is 6.92 Å². The number of anilines is 2. The number of rotatable bonds is 5. The van der Waals surface area contributed by atoms with Crippen LogP contribution in [-0.4, -0.2) is 33.7 Å². The Balaban J connectivity index is 1.59. The molecule has 7 heteroatoms. The number of ether oxygens (including phenoxy) is 1. The third kappa shape index (κ3) is 4.09. The number of hydrogen-bond donors (Lipinski definition) is 1. The molecule has 0 bridgehead atoms. The highest BCUT2D eigenvalue weighted by atomic mass is 16.5. The zero-order valence-electron chi connectivity index (χ0n) is 20.1. The third-order valence-electron chi connectivity index (χ3n) is 6.39. The van der Waals surface area contributed by atoms with Gasteiger partial charge in [-0.2, -0.15) is 0 Å². The van der Waals surface area contributed by atoms with Crippen LogP contribution in [0.2, 0.25) is 0 Å². The van der Waals surface area contributed by atoms with Gasteiger partial charge in [-0.25, -0.2) is 9.78 Å². The Morgan fingerprint density at radius 1 is 1.03 bits per heavy atom.